The molecule has 1 aromatic heterocycles. The molecular weight excluding hydrogens is 436 g/mol. The van der Waals surface area contributed by atoms with Crippen molar-refractivity contribution in [1.29, 1.82) is 5.26 Å². The van der Waals surface area contributed by atoms with Crippen molar-refractivity contribution >= 4 is 5.91 Å². The van der Waals surface area contributed by atoms with Gasteiger partial charge in [-0.25, -0.2) is 8.78 Å². The summed E-state index contributed by atoms with van der Waals surface area (Å²) in [5.41, 5.74) is -0.334. The van der Waals surface area contributed by atoms with Crippen LogP contribution in [0.3, 0.4) is 0 Å². The molecule has 0 atom stereocenters. The van der Waals surface area contributed by atoms with Crippen molar-refractivity contribution in [2.24, 2.45) is 0 Å². The van der Waals surface area contributed by atoms with E-state index in [1.54, 1.807) is 26.2 Å². The number of methoxy groups -OCH3 is 1. The van der Waals surface area contributed by atoms with Gasteiger partial charge in [0.05, 0.1) is 7.11 Å². The second-order valence-corrected chi connectivity index (χ2v) is 7.04. The van der Waals surface area contributed by atoms with Crippen LogP contribution in [-0.2, 0) is 0 Å². The average molecular weight is 455 g/mol. The van der Waals surface area contributed by atoms with Gasteiger partial charge in [-0.1, -0.05) is 6.07 Å². The number of hydrogen-bond donors (Lipinski definition) is 1. The zero-order valence-electron chi connectivity index (χ0n) is 18.1. The van der Waals surface area contributed by atoms with Crippen molar-refractivity contribution in [2.45, 2.75) is 6.92 Å². The third kappa shape index (κ3) is 4.77. The first-order valence-corrected chi connectivity index (χ1v) is 9.50. The number of hydrogen-bond acceptors (Lipinski definition) is 7. The number of ether oxygens (including phenoxy) is 3. The molecule has 3 aromatic rings. The standard InChI is InChI=1S/C23H19F2N3O5/c1-12-18(24)21(32-15-7-5-6-13(8-15)23(30)28(2)3)27-22(19(12)25)33-17-10-16(31-4)9-14(11-26)20(17)29/h5-10,29H,1-4H3. The van der Waals surface area contributed by atoms with Crippen molar-refractivity contribution < 1.29 is 32.9 Å². The highest BCUT2D eigenvalue weighted by atomic mass is 19.1. The second kappa shape index (κ2) is 9.40. The fourth-order valence-electron chi connectivity index (χ4n) is 2.77. The number of aromatic hydroxyl groups is 1. The van der Waals surface area contributed by atoms with Gasteiger partial charge in [-0.2, -0.15) is 10.2 Å². The Balaban J connectivity index is 2.02. The monoisotopic (exact) mass is 455 g/mol. The molecule has 0 radical (unpaired) electrons. The highest BCUT2D eigenvalue weighted by Crippen LogP contribution is 2.39. The summed E-state index contributed by atoms with van der Waals surface area (Å²) in [5, 5.41) is 19.4. The van der Waals surface area contributed by atoms with E-state index in [4.69, 9.17) is 19.5 Å². The van der Waals surface area contributed by atoms with Crippen LogP contribution in [0.4, 0.5) is 8.78 Å². The highest BCUT2D eigenvalue weighted by molar-refractivity contribution is 5.94. The minimum absolute atomic E-state index is 0.0852. The lowest BCUT2D eigenvalue weighted by Crippen LogP contribution is -2.21. The molecule has 3 rings (SSSR count). The molecule has 170 valence electrons. The van der Waals surface area contributed by atoms with Crippen LogP contribution in [0.25, 0.3) is 0 Å². The Labute approximate surface area is 188 Å². The fraction of sp³-hybridized carbons (Fsp3) is 0.174. The molecule has 0 saturated heterocycles. The summed E-state index contributed by atoms with van der Waals surface area (Å²) >= 11 is 0. The first kappa shape index (κ1) is 23.3. The van der Waals surface area contributed by atoms with Gasteiger partial charge >= 0.3 is 0 Å². The summed E-state index contributed by atoms with van der Waals surface area (Å²) < 4.78 is 45.3. The number of nitrogens with zero attached hydrogens (tertiary/aromatic N) is 3. The molecule has 0 unspecified atom stereocenters. The topological polar surface area (TPSA) is 105 Å². The van der Waals surface area contributed by atoms with Crippen molar-refractivity contribution in [3.63, 3.8) is 0 Å². The molecule has 1 N–H and O–H groups in total. The lowest BCUT2D eigenvalue weighted by atomic mass is 10.2. The highest BCUT2D eigenvalue weighted by Gasteiger charge is 2.23. The second-order valence-electron chi connectivity index (χ2n) is 7.04. The summed E-state index contributed by atoms with van der Waals surface area (Å²) in [6.45, 7) is 1.16. The molecule has 0 bridgehead atoms. The van der Waals surface area contributed by atoms with Crippen LogP contribution in [0.15, 0.2) is 36.4 Å². The third-order valence-corrected chi connectivity index (χ3v) is 4.55. The predicted molar refractivity (Wildman–Crippen MR) is 113 cm³/mol. The Kier molecular flexibility index (Phi) is 6.63. The molecular formula is C23H19F2N3O5. The zero-order chi connectivity index (χ0) is 24.3. The number of phenols is 1. The number of phenolic OH excluding ortho intramolecular Hbond substituents is 1. The molecule has 0 aliphatic heterocycles. The number of nitriles is 1. The number of carbonyl (C=O) groups excluding carboxylic acids is 1. The van der Waals surface area contributed by atoms with Crippen molar-refractivity contribution in [2.75, 3.05) is 21.2 Å². The van der Waals surface area contributed by atoms with E-state index >= 15 is 0 Å². The molecule has 2 aromatic carbocycles. The maximum atomic E-state index is 14.7. The van der Waals surface area contributed by atoms with Gasteiger partial charge in [-0.15, -0.1) is 0 Å². The van der Waals surface area contributed by atoms with Gasteiger partial charge < -0.3 is 24.2 Å². The lowest BCUT2D eigenvalue weighted by molar-refractivity contribution is 0.0827. The van der Waals surface area contributed by atoms with Crippen molar-refractivity contribution in [3.8, 4) is 40.8 Å². The van der Waals surface area contributed by atoms with Crippen LogP contribution in [0.1, 0.15) is 21.5 Å². The molecule has 1 heterocycles. The third-order valence-electron chi connectivity index (χ3n) is 4.55. The van der Waals surface area contributed by atoms with Crippen LogP contribution < -0.4 is 14.2 Å². The summed E-state index contributed by atoms with van der Waals surface area (Å²) in [6, 6.07) is 10.2. The van der Waals surface area contributed by atoms with E-state index in [0.717, 1.165) is 6.92 Å². The van der Waals surface area contributed by atoms with E-state index in [0.29, 0.717) is 5.56 Å². The van der Waals surface area contributed by atoms with Crippen LogP contribution in [-0.4, -0.2) is 42.1 Å². The summed E-state index contributed by atoms with van der Waals surface area (Å²) in [6.07, 6.45) is 0. The zero-order valence-corrected chi connectivity index (χ0v) is 18.1. The number of amides is 1. The molecule has 0 spiro atoms. The molecule has 0 aliphatic rings. The molecule has 10 heteroatoms. The average Bonchev–Trinajstić information content (AvgIpc) is 2.81. The number of rotatable bonds is 6. The van der Waals surface area contributed by atoms with Gasteiger partial charge in [0.1, 0.15) is 23.1 Å². The molecule has 8 nitrogen and oxygen atoms in total. The van der Waals surface area contributed by atoms with Crippen molar-refractivity contribution in [1.82, 2.24) is 9.88 Å². The van der Waals surface area contributed by atoms with Crippen LogP contribution >= 0.6 is 0 Å². The van der Waals surface area contributed by atoms with Gasteiger partial charge in [0.25, 0.3) is 17.7 Å². The predicted octanol–water partition coefficient (Wildman–Crippen LogP) is 4.54. The maximum Gasteiger partial charge on any atom is 0.259 e. The minimum atomic E-state index is -1.13. The first-order chi connectivity index (χ1) is 15.7. The Morgan fingerprint density at radius 3 is 2.36 bits per heavy atom. The molecule has 1 amide bonds. The number of halogens is 2. The largest absolute Gasteiger partial charge is 0.503 e. The van der Waals surface area contributed by atoms with Crippen LogP contribution in [0, 0.1) is 29.9 Å². The molecule has 0 fully saturated rings. The van der Waals surface area contributed by atoms with Crippen molar-refractivity contribution in [3.05, 3.63) is 64.7 Å². The van der Waals surface area contributed by atoms with E-state index < -0.39 is 34.7 Å². The smallest absolute Gasteiger partial charge is 0.259 e. The molecule has 0 aliphatic carbocycles. The Bertz CT molecular complexity index is 1270. The lowest BCUT2D eigenvalue weighted by Gasteiger charge is -2.14. The first-order valence-electron chi connectivity index (χ1n) is 9.50. The Morgan fingerprint density at radius 1 is 1.09 bits per heavy atom. The fourth-order valence-corrected chi connectivity index (χ4v) is 2.77. The maximum absolute atomic E-state index is 14.7. The number of benzene rings is 2. The van der Waals surface area contributed by atoms with E-state index in [9.17, 15) is 18.7 Å². The van der Waals surface area contributed by atoms with E-state index in [1.165, 1.54) is 42.3 Å². The van der Waals surface area contributed by atoms with E-state index in [-0.39, 0.29) is 28.7 Å². The number of aromatic nitrogens is 1. The number of carbonyl (C=O) groups is 1. The Hall–Kier alpha value is -4.39. The van der Waals surface area contributed by atoms with Crippen LogP contribution in [0.2, 0.25) is 0 Å². The van der Waals surface area contributed by atoms with E-state index in [1.807, 2.05) is 0 Å². The Morgan fingerprint density at radius 2 is 1.76 bits per heavy atom. The van der Waals surface area contributed by atoms with Gasteiger partial charge in [0.15, 0.2) is 23.1 Å². The quantitative estimate of drug-likeness (QED) is 0.582. The normalized spacial score (nSPS) is 10.3. The van der Waals surface area contributed by atoms with Gasteiger partial charge in [-0.3, -0.25) is 4.79 Å². The molecule has 0 saturated carbocycles. The molecule has 33 heavy (non-hydrogen) atoms. The van der Waals surface area contributed by atoms with Gasteiger partial charge in [0.2, 0.25) is 0 Å². The SMILES string of the molecule is COc1cc(C#N)c(O)c(Oc2nc(Oc3cccc(C(=O)N(C)C)c3)c(F)c(C)c2F)c1. The van der Waals surface area contributed by atoms with Crippen LogP contribution in [0.5, 0.6) is 34.8 Å². The van der Waals surface area contributed by atoms with Gasteiger partial charge in [-0.05, 0) is 25.1 Å². The van der Waals surface area contributed by atoms with Gasteiger partial charge in [0, 0.05) is 37.4 Å². The number of pyridine rings is 1. The summed E-state index contributed by atoms with van der Waals surface area (Å²) in [7, 11) is 4.49. The van der Waals surface area contributed by atoms with E-state index in [2.05, 4.69) is 4.98 Å². The summed E-state index contributed by atoms with van der Waals surface area (Å²) in [5.74, 6) is -4.45. The summed E-state index contributed by atoms with van der Waals surface area (Å²) in [4.78, 5) is 17.3. The minimum Gasteiger partial charge on any atom is -0.503 e.